The highest BCUT2D eigenvalue weighted by Crippen LogP contribution is 2.35. The van der Waals surface area contributed by atoms with Crippen LogP contribution in [-0.2, 0) is 23.7 Å². The maximum absolute atomic E-state index is 5.68. The summed E-state index contributed by atoms with van der Waals surface area (Å²) in [6, 6.07) is 0. The van der Waals surface area contributed by atoms with Gasteiger partial charge in [-0.15, -0.1) is 0 Å². The van der Waals surface area contributed by atoms with E-state index in [1.807, 2.05) is 6.92 Å². The molecule has 0 spiro atoms. The molecule has 2 aliphatic heterocycles. The second-order valence-corrected chi connectivity index (χ2v) is 3.86. The summed E-state index contributed by atoms with van der Waals surface area (Å²) >= 11 is 0. The first-order chi connectivity index (χ1) is 7.17. The van der Waals surface area contributed by atoms with Gasteiger partial charge in [-0.3, -0.25) is 4.74 Å². The predicted octanol–water partition coefficient (Wildman–Crippen LogP) is 0.873. The molecule has 2 saturated heterocycles. The van der Waals surface area contributed by atoms with Gasteiger partial charge in [0, 0.05) is 27.1 Å². The van der Waals surface area contributed by atoms with Gasteiger partial charge in [-0.1, -0.05) is 0 Å². The van der Waals surface area contributed by atoms with Gasteiger partial charge in [0.05, 0.1) is 12.7 Å². The molecule has 0 amide bonds. The Morgan fingerprint density at radius 1 is 1.40 bits per heavy atom. The quantitative estimate of drug-likeness (QED) is 0.703. The summed E-state index contributed by atoms with van der Waals surface area (Å²) in [5, 5.41) is 0. The van der Waals surface area contributed by atoms with E-state index in [0.717, 1.165) is 6.42 Å². The van der Waals surface area contributed by atoms with Crippen molar-refractivity contribution >= 4 is 0 Å². The SMILES string of the molecule is CCOC1(C)OC2OC[C@@H](OC)C[C@H]2O1. The van der Waals surface area contributed by atoms with Crippen LogP contribution in [0.3, 0.4) is 0 Å². The highest BCUT2D eigenvalue weighted by atomic mass is 16.9. The molecule has 0 aromatic carbocycles. The summed E-state index contributed by atoms with van der Waals surface area (Å²) in [5.41, 5.74) is 0. The molecule has 0 saturated carbocycles. The number of fused-ring (bicyclic) bond motifs is 1. The third kappa shape index (κ3) is 2.32. The van der Waals surface area contributed by atoms with E-state index in [-0.39, 0.29) is 18.5 Å². The first kappa shape index (κ1) is 11.3. The van der Waals surface area contributed by atoms with Crippen molar-refractivity contribution in [1.82, 2.24) is 0 Å². The van der Waals surface area contributed by atoms with Crippen LogP contribution in [0.5, 0.6) is 0 Å². The molecule has 0 bridgehead atoms. The van der Waals surface area contributed by atoms with E-state index in [1.54, 1.807) is 14.0 Å². The monoisotopic (exact) mass is 218 g/mol. The Labute approximate surface area is 89.6 Å². The Balaban J connectivity index is 1.95. The zero-order chi connectivity index (χ0) is 10.9. The van der Waals surface area contributed by atoms with Gasteiger partial charge in [0.25, 0.3) is 5.97 Å². The van der Waals surface area contributed by atoms with Crippen molar-refractivity contribution in [2.45, 2.75) is 44.7 Å². The molecule has 2 fully saturated rings. The molecular weight excluding hydrogens is 200 g/mol. The zero-order valence-corrected chi connectivity index (χ0v) is 9.39. The third-order valence-electron chi connectivity index (χ3n) is 2.68. The van der Waals surface area contributed by atoms with E-state index in [4.69, 9.17) is 23.7 Å². The number of hydrogen-bond acceptors (Lipinski definition) is 5. The van der Waals surface area contributed by atoms with E-state index in [2.05, 4.69) is 0 Å². The molecule has 0 aliphatic carbocycles. The van der Waals surface area contributed by atoms with E-state index < -0.39 is 5.97 Å². The van der Waals surface area contributed by atoms with Gasteiger partial charge in [-0.2, -0.15) is 0 Å². The molecule has 0 aromatic rings. The van der Waals surface area contributed by atoms with Crippen LogP contribution in [0.1, 0.15) is 20.3 Å². The average Bonchev–Trinajstić information content (AvgIpc) is 2.53. The molecule has 4 atom stereocenters. The lowest BCUT2D eigenvalue weighted by atomic mass is 10.1. The summed E-state index contributed by atoms with van der Waals surface area (Å²) < 4.78 is 27.3. The smallest absolute Gasteiger partial charge is 0.282 e. The lowest BCUT2D eigenvalue weighted by molar-refractivity contribution is -0.339. The lowest BCUT2D eigenvalue weighted by Gasteiger charge is -2.28. The number of ether oxygens (including phenoxy) is 5. The van der Waals surface area contributed by atoms with E-state index in [1.165, 1.54) is 0 Å². The van der Waals surface area contributed by atoms with Crippen LogP contribution in [0.2, 0.25) is 0 Å². The summed E-state index contributed by atoms with van der Waals surface area (Å²) in [6.45, 7) is 4.76. The first-order valence-electron chi connectivity index (χ1n) is 5.31. The molecule has 88 valence electrons. The Bertz CT molecular complexity index is 222. The molecule has 0 radical (unpaired) electrons. The maximum Gasteiger partial charge on any atom is 0.282 e. The Hall–Kier alpha value is -0.200. The third-order valence-corrected chi connectivity index (χ3v) is 2.68. The van der Waals surface area contributed by atoms with Gasteiger partial charge in [0.2, 0.25) is 0 Å². The van der Waals surface area contributed by atoms with Crippen LogP contribution >= 0.6 is 0 Å². The van der Waals surface area contributed by atoms with Crippen LogP contribution in [0, 0.1) is 0 Å². The summed E-state index contributed by atoms with van der Waals surface area (Å²) in [4.78, 5) is 0. The van der Waals surface area contributed by atoms with Crippen molar-refractivity contribution in [3.8, 4) is 0 Å². The van der Waals surface area contributed by atoms with Crippen molar-refractivity contribution in [1.29, 1.82) is 0 Å². The Morgan fingerprint density at radius 3 is 2.87 bits per heavy atom. The lowest BCUT2D eigenvalue weighted by Crippen LogP contribution is -2.39. The van der Waals surface area contributed by atoms with E-state index in [9.17, 15) is 0 Å². The largest absolute Gasteiger partial charge is 0.379 e. The zero-order valence-electron chi connectivity index (χ0n) is 9.39. The first-order valence-corrected chi connectivity index (χ1v) is 5.31. The molecular formula is C10H18O5. The van der Waals surface area contributed by atoms with Crippen molar-refractivity contribution in [2.75, 3.05) is 20.3 Å². The highest BCUT2D eigenvalue weighted by molar-refractivity contribution is 4.81. The highest BCUT2D eigenvalue weighted by Gasteiger charge is 2.49. The standard InChI is InChI=1S/C10H18O5/c1-4-13-10(2)14-8-5-7(11-3)6-12-9(8)15-10/h7-9H,4-6H2,1-3H3/t7-,8+,9?,10?/m0/s1. The molecule has 0 aromatic heterocycles. The van der Waals surface area contributed by atoms with Crippen molar-refractivity contribution < 1.29 is 23.7 Å². The van der Waals surface area contributed by atoms with Crippen LogP contribution in [0.15, 0.2) is 0 Å². The normalized spacial score (nSPS) is 45.4. The Kier molecular flexibility index (Phi) is 3.27. The molecule has 5 nitrogen and oxygen atoms in total. The second-order valence-electron chi connectivity index (χ2n) is 3.86. The van der Waals surface area contributed by atoms with E-state index in [0.29, 0.717) is 13.2 Å². The van der Waals surface area contributed by atoms with Crippen LogP contribution < -0.4 is 0 Å². The molecule has 0 N–H and O–H groups in total. The topological polar surface area (TPSA) is 46.2 Å². The molecule has 2 heterocycles. The predicted molar refractivity (Wildman–Crippen MR) is 51.1 cm³/mol. The minimum Gasteiger partial charge on any atom is -0.379 e. The molecule has 2 aliphatic rings. The minimum atomic E-state index is -0.966. The summed E-state index contributed by atoms with van der Waals surface area (Å²) in [5.74, 6) is -0.966. The van der Waals surface area contributed by atoms with Crippen molar-refractivity contribution in [3.63, 3.8) is 0 Å². The van der Waals surface area contributed by atoms with Gasteiger partial charge < -0.3 is 18.9 Å². The van der Waals surface area contributed by atoms with Crippen molar-refractivity contribution in [2.24, 2.45) is 0 Å². The number of hydrogen-bond donors (Lipinski definition) is 0. The molecule has 2 unspecified atom stereocenters. The van der Waals surface area contributed by atoms with Gasteiger partial charge in [0.1, 0.15) is 6.10 Å². The summed E-state index contributed by atoms with van der Waals surface area (Å²) in [6.07, 6.45) is 0.441. The maximum atomic E-state index is 5.68. The minimum absolute atomic E-state index is 0.0822. The van der Waals surface area contributed by atoms with Gasteiger partial charge in [0.15, 0.2) is 6.29 Å². The van der Waals surface area contributed by atoms with Crippen LogP contribution in [0.4, 0.5) is 0 Å². The fourth-order valence-corrected chi connectivity index (χ4v) is 1.97. The average molecular weight is 218 g/mol. The number of methoxy groups -OCH3 is 1. The van der Waals surface area contributed by atoms with Crippen LogP contribution in [0.25, 0.3) is 0 Å². The van der Waals surface area contributed by atoms with Crippen LogP contribution in [-0.4, -0.2) is 44.8 Å². The van der Waals surface area contributed by atoms with E-state index >= 15 is 0 Å². The molecule has 15 heavy (non-hydrogen) atoms. The second kappa shape index (κ2) is 4.35. The molecule has 2 rings (SSSR count). The number of rotatable bonds is 3. The van der Waals surface area contributed by atoms with Gasteiger partial charge >= 0.3 is 0 Å². The van der Waals surface area contributed by atoms with Gasteiger partial charge in [-0.05, 0) is 6.92 Å². The van der Waals surface area contributed by atoms with Crippen molar-refractivity contribution in [3.05, 3.63) is 0 Å². The summed E-state index contributed by atoms with van der Waals surface area (Å²) in [7, 11) is 1.67. The fraction of sp³-hybridized carbons (Fsp3) is 1.00. The molecule has 5 heteroatoms. The van der Waals surface area contributed by atoms with Gasteiger partial charge in [-0.25, -0.2) is 0 Å². The Morgan fingerprint density at radius 2 is 2.20 bits per heavy atom. The fourth-order valence-electron chi connectivity index (χ4n) is 1.97.